The molecule has 2 unspecified atom stereocenters. The largest absolute Gasteiger partial charge is 0.356 e. The zero-order chi connectivity index (χ0) is 11.1. The number of hydrogen-bond donors (Lipinski definition) is 2. The summed E-state index contributed by atoms with van der Waals surface area (Å²) in [5.74, 6) is 3.04. The maximum Gasteiger partial charge on any atom is 0.191 e. The van der Waals surface area contributed by atoms with Crippen molar-refractivity contribution >= 4 is 41.7 Å². The lowest BCUT2D eigenvalue weighted by Crippen LogP contribution is -2.39. The SMILES string of the molecule is CN=C(NCCCCSC)NC1CC1C.I. The normalized spacial score (nSPS) is 23.6. The van der Waals surface area contributed by atoms with Crippen molar-refractivity contribution in [1.82, 2.24) is 10.6 Å². The number of guanidine groups is 1. The molecule has 5 heteroatoms. The number of aliphatic imine (C=N–C) groups is 1. The second-order valence-corrected chi connectivity index (χ2v) is 5.15. The molecule has 1 rings (SSSR count). The standard InChI is InChI=1S/C11H23N3S.HI/c1-9-8-10(9)14-11(12-2)13-6-4-5-7-15-3;/h9-10H,4-8H2,1-3H3,(H2,12,13,14);1H. The summed E-state index contributed by atoms with van der Waals surface area (Å²) in [6.07, 6.45) is 5.95. The first-order valence-electron chi connectivity index (χ1n) is 5.74. The minimum Gasteiger partial charge on any atom is -0.356 e. The first-order valence-corrected chi connectivity index (χ1v) is 7.13. The van der Waals surface area contributed by atoms with Crippen LogP contribution in [0.1, 0.15) is 26.2 Å². The van der Waals surface area contributed by atoms with E-state index in [1.54, 1.807) is 0 Å². The predicted molar refractivity (Wildman–Crippen MR) is 85.1 cm³/mol. The van der Waals surface area contributed by atoms with Gasteiger partial charge in [0.25, 0.3) is 0 Å². The molecular formula is C11H24IN3S. The van der Waals surface area contributed by atoms with Crippen molar-refractivity contribution < 1.29 is 0 Å². The maximum absolute atomic E-state index is 4.21. The molecule has 2 N–H and O–H groups in total. The summed E-state index contributed by atoms with van der Waals surface area (Å²) in [6.45, 7) is 3.30. The second kappa shape index (κ2) is 9.39. The van der Waals surface area contributed by atoms with Gasteiger partial charge in [0.1, 0.15) is 0 Å². The van der Waals surface area contributed by atoms with E-state index in [1.165, 1.54) is 25.0 Å². The summed E-state index contributed by atoms with van der Waals surface area (Å²) in [6, 6.07) is 0.655. The van der Waals surface area contributed by atoms with Crippen LogP contribution in [0.5, 0.6) is 0 Å². The summed E-state index contributed by atoms with van der Waals surface area (Å²) in [7, 11) is 1.84. The Kier molecular flexibility index (Phi) is 9.59. The van der Waals surface area contributed by atoms with Gasteiger partial charge in [-0.25, -0.2) is 0 Å². The molecule has 16 heavy (non-hydrogen) atoms. The number of rotatable bonds is 6. The number of hydrogen-bond acceptors (Lipinski definition) is 2. The van der Waals surface area contributed by atoms with Gasteiger partial charge in [-0.3, -0.25) is 4.99 Å². The van der Waals surface area contributed by atoms with Crippen LogP contribution in [0.15, 0.2) is 4.99 Å². The number of thioether (sulfide) groups is 1. The van der Waals surface area contributed by atoms with Crippen molar-refractivity contribution in [3.63, 3.8) is 0 Å². The number of unbranched alkanes of at least 4 members (excludes halogenated alkanes) is 1. The zero-order valence-electron chi connectivity index (χ0n) is 10.5. The molecule has 2 atom stereocenters. The van der Waals surface area contributed by atoms with Gasteiger partial charge in [-0.15, -0.1) is 24.0 Å². The van der Waals surface area contributed by atoms with Crippen molar-refractivity contribution in [2.45, 2.75) is 32.2 Å². The van der Waals surface area contributed by atoms with Gasteiger partial charge in [-0.1, -0.05) is 6.92 Å². The summed E-state index contributed by atoms with van der Waals surface area (Å²) >= 11 is 1.91. The van der Waals surface area contributed by atoms with Crippen molar-refractivity contribution in [3.8, 4) is 0 Å². The Morgan fingerprint density at radius 3 is 2.62 bits per heavy atom. The molecule has 0 spiro atoms. The van der Waals surface area contributed by atoms with Gasteiger partial charge in [0.2, 0.25) is 0 Å². The van der Waals surface area contributed by atoms with Crippen LogP contribution in [0.4, 0.5) is 0 Å². The summed E-state index contributed by atoms with van der Waals surface area (Å²) < 4.78 is 0. The van der Waals surface area contributed by atoms with E-state index in [0.29, 0.717) is 6.04 Å². The van der Waals surface area contributed by atoms with E-state index in [4.69, 9.17) is 0 Å². The van der Waals surface area contributed by atoms with Gasteiger partial charge >= 0.3 is 0 Å². The van der Waals surface area contributed by atoms with Crippen LogP contribution in [0.2, 0.25) is 0 Å². The Hall–Kier alpha value is 0.350. The average Bonchev–Trinajstić information content (AvgIpc) is 2.92. The second-order valence-electron chi connectivity index (χ2n) is 4.16. The third-order valence-corrected chi connectivity index (χ3v) is 3.42. The molecule has 3 nitrogen and oxygen atoms in total. The van der Waals surface area contributed by atoms with E-state index < -0.39 is 0 Å². The first-order chi connectivity index (χ1) is 7.27. The van der Waals surface area contributed by atoms with Crippen LogP contribution in [0.25, 0.3) is 0 Å². The topological polar surface area (TPSA) is 36.4 Å². The van der Waals surface area contributed by atoms with Crippen molar-refractivity contribution in [2.24, 2.45) is 10.9 Å². The highest BCUT2D eigenvalue weighted by Crippen LogP contribution is 2.28. The zero-order valence-corrected chi connectivity index (χ0v) is 13.6. The fourth-order valence-electron chi connectivity index (χ4n) is 1.47. The highest BCUT2D eigenvalue weighted by molar-refractivity contribution is 14.0. The van der Waals surface area contributed by atoms with E-state index in [-0.39, 0.29) is 24.0 Å². The molecule has 0 heterocycles. The van der Waals surface area contributed by atoms with Crippen LogP contribution in [0.3, 0.4) is 0 Å². The van der Waals surface area contributed by atoms with Crippen molar-refractivity contribution in [3.05, 3.63) is 0 Å². The van der Waals surface area contributed by atoms with Crippen molar-refractivity contribution in [1.29, 1.82) is 0 Å². The summed E-state index contributed by atoms with van der Waals surface area (Å²) in [5.41, 5.74) is 0. The Balaban J connectivity index is 0.00000225. The molecule has 0 aliphatic heterocycles. The van der Waals surface area contributed by atoms with E-state index in [1.807, 2.05) is 18.8 Å². The average molecular weight is 357 g/mol. The number of nitrogens with zero attached hydrogens (tertiary/aromatic N) is 1. The van der Waals surface area contributed by atoms with Gasteiger partial charge in [0.15, 0.2) is 5.96 Å². The van der Waals surface area contributed by atoms with Crippen LogP contribution in [-0.2, 0) is 0 Å². The monoisotopic (exact) mass is 357 g/mol. The van der Waals surface area contributed by atoms with Gasteiger partial charge < -0.3 is 10.6 Å². The van der Waals surface area contributed by atoms with Crippen molar-refractivity contribution in [2.75, 3.05) is 25.6 Å². The molecule has 0 radical (unpaired) electrons. The quantitative estimate of drug-likeness (QED) is 0.332. The highest BCUT2D eigenvalue weighted by atomic mass is 127. The lowest BCUT2D eigenvalue weighted by atomic mass is 10.3. The lowest BCUT2D eigenvalue weighted by molar-refractivity contribution is 0.720. The molecule has 96 valence electrons. The predicted octanol–water partition coefficient (Wildman–Crippen LogP) is 2.32. The van der Waals surface area contributed by atoms with Gasteiger partial charge in [0.05, 0.1) is 0 Å². The number of nitrogens with one attached hydrogen (secondary N) is 2. The first kappa shape index (κ1) is 16.4. The van der Waals surface area contributed by atoms with Gasteiger partial charge in [0, 0.05) is 19.6 Å². The molecule has 0 aromatic rings. The lowest BCUT2D eigenvalue weighted by Gasteiger charge is -2.10. The van der Waals surface area contributed by atoms with Crippen LogP contribution >= 0.6 is 35.7 Å². The Bertz CT molecular complexity index is 211. The fourth-order valence-corrected chi connectivity index (χ4v) is 1.96. The minimum absolute atomic E-state index is 0. The molecule has 0 saturated heterocycles. The van der Waals surface area contributed by atoms with Crippen LogP contribution < -0.4 is 10.6 Å². The Labute approximate surface area is 121 Å². The molecule has 1 fully saturated rings. The Morgan fingerprint density at radius 1 is 1.44 bits per heavy atom. The third kappa shape index (κ3) is 6.83. The van der Waals surface area contributed by atoms with E-state index in [2.05, 4.69) is 28.8 Å². The molecule has 0 aromatic carbocycles. The van der Waals surface area contributed by atoms with E-state index in [0.717, 1.165) is 18.4 Å². The summed E-state index contributed by atoms with van der Waals surface area (Å²) in [5, 5.41) is 6.76. The van der Waals surface area contributed by atoms with Crippen LogP contribution in [0, 0.1) is 5.92 Å². The maximum atomic E-state index is 4.21. The highest BCUT2D eigenvalue weighted by Gasteiger charge is 2.32. The minimum atomic E-state index is 0. The van der Waals surface area contributed by atoms with E-state index in [9.17, 15) is 0 Å². The number of halogens is 1. The fraction of sp³-hybridized carbons (Fsp3) is 0.909. The Morgan fingerprint density at radius 2 is 2.12 bits per heavy atom. The van der Waals surface area contributed by atoms with Gasteiger partial charge in [-0.05, 0) is 37.2 Å². The molecule has 1 aliphatic rings. The molecule has 1 saturated carbocycles. The third-order valence-electron chi connectivity index (χ3n) is 2.72. The molecule has 0 bridgehead atoms. The van der Waals surface area contributed by atoms with Crippen LogP contribution in [-0.4, -0.2) is 37.6 Å². The summed E-state index contributed by atoms with van der Waals surface area (Å²) in [4.78, 5) is 4.21. The van der Waals surface area contributed by atoms with E-state index >= 15 is 0 Å². The molecular weight excluding hydrogens is 333 g/mol. The molecule has 0 amide bonds. The van der Waals surface area contributed by atoms with Gasteiger partial charge in [-0.2, -0.15) is 11.8 Å². The smallest absolute Gasteiger partial charge is 0.191 e. The molecule has 0 aromatic heterocycles. The molecule has 1 aliphatic carbocycles.